The molecule has 1 fully saturated rings. The van der Waals surface area contributed by atoms with Crippen molar-refractivity contribution in [3.8, 4) is 0 Å². The molecular formula is C13H16FIOS. The number of alkyl halides is 2. The van der Waals surface area contributed by atoms with Gasteiger partial charge in [-0.2, -0.15) is 0 Å². The zero-order chi connectivity index (χ0) is 12.3. The van der Waals surface area contributed by atoms with Gasteiger partial charge in [0.05, 0.1) is 12.2 Å². The van der Waals surface area contributed by atoms with Gasteiger partial charge in [0.25, 0.3) is 0 Å². The summed E-state index contributed by atoms with van der Waals surface area (Å²) < 4.78 is 20.2. The Hall–Kier alpha value is 0.190. The molecule has 0 radical (unpaired) electrons. The van der Waals surface area contributed by atoms with E-state index in [1.54, 1.807) is 11.8 Å². The summed E-state index contributed by atoms with van der Waals surface area (Å²) in [7, 11) is 0. The maximum Gasteiger partial charge on any atom is 0.129 e. The fourth-order valence-corrected chi connectivity index (χ4v) is 3.39. The molecule has 0 spiro atoms. The van der Waals surface area contributed by atoms with E-state index in [4.69, 9.17) is 4.74 Å². The van der Waals surface area contributed by atoms with Gasteiger partial charge in [0.1, 0.15) is 6.17 Å². The first-order valence-corrected chi connectivity index (χ1v) is 8.25. The van der Waals surface area contributed by atoms with E-state index >= 15 is 0 Å². The molecule has 1 heterocycles. The second-order valence-corrected chi connectivity index (χ2v) is 6.30. The number of benzene rings is 1. The Morgan fingerprint density at radius 3 is 2.71 bits per heavy atom. The molecule has 0 bridgehead atoms. The molecule has 1 aliphatic rings. The van der Waals surface area contributed by atoms with E-state index in [0.29, 0.717) is 12.2 Å². The molecular weight excluding hydrogens is 350 g/mol. The van der Waals surface area contributed by atoms with Gasteiger partial charge >= 0.3 is 0 Å². The van der Waals surface area contributed by atoms with Crippen molar-refractivity contribution in [1.29, 1.82) is 0 Å². The van der Waals surface area contributed by atoms with Crippen LogP contribution in [0.15, 0.2) is 29.2 Å². The number of halogens is 2. The highest BCUT2D eigenvalue weighted by Gasteiger charge is 2.34. The van der Waals surface area contributed by atoms with Crippen molar-refractivity contribution >= 4 is 34.4 Å². The van der Waals surface area contributed by atoms with Crippen LogP contribution in [-0.4, -0.2) is 28.6 Å². The van der Waals surface area contributed by atoms with E-state index in [2.05, 4.69) is 53.8 Å². The summed E-state index contributed by atoms with van der Waals surface area (Å²) in [5.41, 5.74) is 1.25. The highest BCUT2D eigenvalue weighted by molar-refractivity contribution is 14.1. The topological polar surface area (TPSA) is 9.23 Å². The molecule has 0 N–H and O–H groups in total. The molecule has 17 heavy (non-hydrogen) atoms. The van der Waals surface area contributed by atoms with Gasteiger partial charge in [-0.25, -0.2) is 4.39 Å². The van der Waals surface area contributed by atoms with Crippen molar-refractivity contribution in [3.05, 3.63) is 29.8 Å². The smallest absolute Gasteiger partial charge is 0.129 e. The molecule has 1 saturated heterocycles. The molecule has 0 aromatic heterocycles. The van der Waals surface area contributed by atoms with E-state index in [1.165, 1.54) is 10.5 Å². The molecule has 3 atom stereocenters. The molecule has 0 saturated carbocycles. The Morgan fingerprint density at radius 1 is 1.41 bits per heavy atom. The summed E-state index contributed by atoms with van der Waals surface area (Å²) in [6, 6.07) is 8.33. The van der Waals surface area contributed by atoms with E-state index in [0.717, 1.165) is 4.43 Å². The second-order valence-electron chi connectivity index (χ2n) is 4.33. The average molecular weight is 366 g/mol. The van der Waals surface area contributed by atoms with Crippen molar-refractivity contribution in [3.63, 3.8) is 0 Å². The molecule has 1 aromatic carbocycles. The predicted octanol–water partition coefficient (Wildman–Crippen LogP) is 4.02. The van der Waals surface area contributed by atoms with Crippen LogP contribution in [0.4, 0.5) is 4.39 Å². The lowest BCUT2D eigenvalue weighted by atomic mass is 10.2. The third-order valence-corrected chi connectivity index (χ3v) is 4.95. The normalized spacial score (nSPS) is 28.5. The minimum Gasteiger partial charge on any atom is -0.370 e. The van der Waals surface area contributed by atoms with Crippen molar-refractivity contribution < 1.29 is 9.13 Å². The minimum atomic E-state index is -0.798. The van der Waals surface area contributed by atoms with Gasteiger partial charge in [-0.05, 0) is 19.1 Å². The maximum atomic E-state index is 13.7. The van der Waals surface area contributed by atoms with Gasteiger partial charge in [0.2, 0.25) is 0 Å². The number of aryl methyl sites for hydroxylation is 1. The summed E-state index contributed by atoms with van der Waals surface area (Å²) >= 11 is 3.93. The summed E-state index contributed by atoms with van der Waals surface area (Å²) in [6.07, 6.45) is -0.370. The van der Waals surface area contributed by atoms with Gasteiger partial charge in [0, 0.05) is 21.5 Å². The summed E-state index contributed by atoms with van der Waals surface area (Å²) in [5, 5.41) is 0. The number of ether oxygens (including phenoxy) is 1. The highest BCUT2D eigenvalue weighted by atomic mass is 127. The van der Waals surface area contributed by atoms with Crippen LogP contribution >= 0.6 is 34.4 Å². The van der Waals surface area contributed by atoms with Gasteiger partial charge < -0.3 is 4.74 Å². The Kier molecular flexibility index (Phi) is 5.11. The van der Waals surface area contributed by atoms with E-state index in [-0.39, 0.29) is 12.2 Å². The fraction of sp³-hybridized carbons (Fsp3) is 0.538. The van der Waals surface area contributed by atoms with Crippen LogP contribution < -0.4 is 0 Å². The summed E-state index contributed by atoms with van der Waals surface area (Å²) in [6.45, 7) is 2.07. The van der Waals surface area contributed by atoms with Crippen LogP contribution in [0.5, 0.6) is 0 Å². The first-order chi connectivity index (χ1) is 8.19. The van der Waals surface area contributed by atoms with Crippen molar-refractivity contribution in [1.82, 2.24) is 0 Å². The van der Waals surface area contributed by atoms with Crippen molar-refractivity contribution in [2.75, 3.05) is 10.2 Å². The molecule has 94 valence electrons. The molecule has 1 aromatic rings. The third-order valence-electron chi connectivity index (χ3n) is 2.87. The monoisotopic (exact) mass is 366 g/mol. The first-order valence-electron chi connectivity index (χ1n) is 5.74. The molecule has 0 unspecified atom stereocenters. The van der Waals surface area contributed by atoms with Gasteiger partial charge in [-0.3, -0.25) is 0 Å². The van der Waals surface area contributed by atoms with E-state index < -0.39 is 6.17 Å². The van der Waals surface area contributed by atoms with Crippen LogP contribution in [0.3, 0.4) is 0 Å². The van der Waals surface area contributed by atoms with E-state index in [9.17, 15) is 4.39 Å². The summed E-state index contributed by atoms with van der Waals surface area (Å²) in [4.78, 5) is 1.18. The number of rotatable bonds is 4. The molecule has 0 aliphatic carbocycles. The van der Waals surface area contributed by atoms with Crippen molar-refractivity contribution in [2.24, 2.45) is 0 Å². The fourth-order valence-electron chi connectivity index (χ4n) is 1.85. The summed E-state index contributed by atoms with van der Waals surface area (Å²) in [5.74, 6) is 0.706. The number of hydrogen-bond donors (Lipinski definition) is 0. The Labute approximate surface area is 120 Å². The molecule has 2 rings (SSSR count). The standard InChI is InChI=1S/C13H16FIOS/c1-9-2-4-11(5-3-9)17-8-13-12(14)6-10(7-15)16-13/h2-5,10,12-13H,6-8H2,1H3/t10-,12-,13-/m0/s1. The predicted molar refractivity (Wildman–Crippen MR) is 79.0 cm³/mol. The number of hydrogen-bond acceptors (Lipinski definition) is 2. The van der Waals surface area contributed by atoms with Crippen LogP contribution in [0, 0.1) is 6.92 Å². The average Bonchev–Trinajstić information content (AvgIpc) is 2.69. The largest absolute Gasteiger partial charge is 0.370 e. The maximum absolute atomic E-state index is 13.7. The zero-order valence-electron chi connectivity index (χ0n) is 9.74. The van der Waals surface area contributed by atoms with Gasteiger partial charge in [-0.15, -0.1) is 11.8 Å². The Balaban J connectivity index is 1.84. The Bertz CT molecular complexity index is 357. The lowest BCUT2D eigenvalue weighted by Gasteiger charge is -2.12. The van der Waals surface area contributed by atoms with Crippen LogP contribution in [0.2, 0.25) is 0 Å². The minimum absolute atomic E-state index is 0.106. The first kappa shape index (κ1) is 13.6. The van der Waals surface area contributed by atoms with Crippen LogP contribution in [0.25, 0.3) is 0 Å². The van der Waals surface area contributed by atoms with Crippen molar-refractivity contribution in [2.45, 2.75) is 36.6 Å². The third kappa shape index (κ3) is 3.83. The quantitative estimate of drug-likeness (QED) is 0.452. The van der Waals surface area contributed by atoms with Gasteiger partial charge in [0.15, 0.2) is 0 Å². The van der Waals surface area contributed by atoms with E-state index in [1.807, 2.05) is 0 Å². The molecule has 4 heteroatoms. The molecule has 1 aliphatic heterocycles. The second kappa shape index (κ2) is 6.38. The van der Waals surface area contributed by atoms with Crippen LogP contribution in [-0.2, 0) is 4.74 Å². The lowest BCUT2D eigenvalue weighted by Crippen LogP contribution is -2.20. The lowest BCUT2D eigenvalue weighted by molar-refractivity contribution is 0.0561. The SMILES string of the molecule is Cc1ccc(SC[C@@H]2O[C@H](CI)C[C@@H]2F)cc1. The highest BCUT2D eigenvalue weighted by Crippen LogP contribution is 2.29. The zero-order valence-corrected chi connectivity index (χ0v) is 12.7. The number of thioether (sulfide) groups is 1. The molecule has 0 amide bonds. The molecule has 1 nitrogen and oxygen atoms in total. The Morgan fingerprint density at radius 2 is 2.12 bits per heavy atom. The van der Waals surface area contributed by atoms with Gasteiger partial charge in [-0.1, -0.05) is 40.3 Å². The van der Waals surface area contributed by atoms with Crippen LogP contribution in [0.1, 0.15) is 12.0 Å².